The Labute approximate surface area is 72.3 Å². The largest absolute Gasteiger partial charge is 0.482 e. The van der Waals surface area contributed by atoms with Gasteiger partial charge in [0.15, 0.2) is 6.61 Å². The Morgan fingerprint density at radius 3 is 2.69 bits per heavy atom. The number of pyridine rings is 1. The zero-order valence-electron chi connectivity index (χ0n) is 6.51. The fourth-order valence-electron chi connectivity index (χ4n) is 0.685. The molecule has 13 heavy (non-hydrogen) atoms. The van der Waals surface area contributed by atoms with Crippen molar-refractivity contribution in [2.75, 3.05) is 12.3 Å². The third kappa shape index (κ3) is 3.18. The summed E-state index contributed by atoms with van der Waals surface area (Å²) in [6, 6.07) is 1.28. The maximum Gasteiger partial charge on any atom is 0.422 e. The molecule has 0 fully saturated rings. The Morgan fingerprint density at radius 1 is 1.46 bits per heavy atom. The first-order valence-corrected chi connectivity index (χ1v) is 3.38. The normalized spacial score (nSPS) is 11.3. The standard InChI is InChI=1S/C7H7F3N2O/c8-7(9,10)4-13-6-1-2-12-3-5(6)11/h1-3H,4,11H2. The lowest BCUT2D eigenvalue weighted by Gasteiger charge is -2.09. The minimum Gasteiger partial charge on any atom is -0.482 e. The summed E-state index contributed by atoms with van der Waals surface area (Å²) in [4.78, 5) is 3.60. The van der Waals surface area contributed by atoms with Crippen molar-refractivity contribution in [3.8, 4) is 5.75 Å². The first-order valence-electron chi connectivity index (χ1n) is 3.38. The first kappa shape index (κ1) is 9.63. The van der Waals surface area contributed by atoms with E-state index in [0.29, 0.717) is 0 Å². The molecule has 0 aliphatic carbocycles. The molecular weight excluding hydrogens is 185 g/mol. The average molecular weight is 192 g/mol. The molecule has 0 unspecified atom stereocenters. The second-order valence-corrected chi connectivity index (χ2v) is 2.32. The van der Waals surface area contributed by atoms with Gasteiger partial charge in [-0.05, 0) is 0 Å². The second kappa shape index (κ2) is 3.51. The Balaban J connectivity index is 2.60. The van der Waals surface area contributed by atoms with Crippen LogP contribution in [-0.4, -0.2) is 17.8 Å². The van der Waals surface area contributed by atoms with Crippen LogP contribution >= 0.6 is 0 Å². The minimum absolute atomic E-state index is 0.00711. The average Bonchev–Trinajstić information content (AvgIpc) is 2.01. The maximum atomic E-state index is 11.7. The number of ether oxygens (including phenoxy) is 1. The summed E-state index contributed by atoms with van der Waals surface area (Å²) >= 11 is 0. The summed E-state index contributed by atoms with van der Waals surface area (Å²) in [5.41, 5.74) is 5.38. The smallest absolute Gasteiger partial charge is 0.422 e. The third-order valence-electron chi connectivity index (χ3n) is 1.20. The van der Waals surface area contributed by atoms with E-state index < -0.39 is 12.8 Å². The monoisotopic (exact) mass is 192 g/mol. The van der Waals surface area contributed by atoms with E-state index in [4.69, 9.17) is 5.73 Å². The topological polar surface area (TPSA) is 48.1 Å². The molecule has 1 aromatic rings. The molecule has 72 valence electrons. The van der Waals surface area contributed by atoms with E-state index >= 15 is 0 Å². The van der Waals surface area contributed by atoms with E-state index in [2.05, 4.69) is 9.72 Å². The van der Waals surface area contributed by atoms with Crippen molar-refractivity contribution in [2.45, 2.75) is 6.18 Å². The van der Waals surface area contributed by atoms with Crippen LogP contribution in [0.3, 0.4) is 0 Å². The number of nitrogen functional groups attached to an aromatic ring is 1. The van der Waals surface area contributed by atoms with Crippen LogP contribution < -0.4 is 10.5 Å². The van der Waals surface area contributed by atoms with Crippen molar-refractivity contribution in [1.29, 1.82) is 0 Å². The van der Waals surface area contributed by atoms with E-state index in [-0.39, 0.29) is 11.4 Å². The molecule has 6 heteroatoms. The number of anilines is 1. The summed E-state index contributed by atoms with van der Waals surface area (Å²) in [5, 5.41) is 0. The SMILES string of the molecule is Nc1cnccc1OCC(F)(F)F. The minimum atomic E-state index is -4.35. The van der Waals surface area contributed by atoms with Crippen molar-refractivity contribution in [3.63, 3.8) is 0 Å². The number of halogens is 3. The summed E-state index contributed by atoms with van der Waals surface area (Å²) < 4.78 is 39.5. The van der Waals surface area contributed by atoms with Crippen LogP contribution in [0.25, 0.3) is 0 Å². The molecule has 0 amide bonds. The summed E-state index contributed by atoms with van der Waals surface area (Å²) in [5.74, 6) is -0.00711. The van der Waals surface area contributed by atoms with Gasteiger partial charge in [0.2, 0.25) is 0 Å². The number of hydrogen-bond acceptors (Lipinski definition) is 3. The molecular formula is C7H7F3N2O. The number of aromatic nitrogens is 1. The Bertz CT molecular complexity index is 287. The van der Waals surface area contributed by atoms with Gasteiger partial charge in [-0.25, -0.2) is 0 Å². The van der Waals surface area contributed by atoms with Gasteiger partial charge in [0, 0.05) is 12.3 Å². The Kier molecular flexibility index (Phi) is 2.60. The van der Waals surface area contributed by atoms with Gasteiger partial charge in [0.05, 0.1) is 11.9 Å². The molecule has 0 aromatic carbocycles. The van der Waals surface area contributed by atoms with Crippen LogP contribution in [0.4, 0.5) is 18.9 Å². The highest BCUT2D eigenvalue weighted by molar-refractivity contribution is 5.49. The molecule has 0 bridgehead atoms. The van der Waals surface area contributed by atoms with Crippen molar-refractivity contribution in [3.05, 3.63) is 18.5 Å². The van der Waals surface area contributed by atoms with E-state index in [0.717, 1.165) is 0 Å². The second-order valence-electron chi connectivity index (χ2n) is 2.32. The lowest BCUT2D eigenvalue weighted by molar-refractivity contribution is -0.153. The molecule has 0 saturated heterocycles. The fourth-order valence-corrected chi connectivity index (χ4v) is 0.685. The molecule has 1 aromatic heterocycles. The van der Waals surface area contributed by atoms with E-state index in [9.17, 15) is 13.2 Å². The summed E-state index contributed by atoms with van der Waals surface area (Å²) in [6.07, 6.45) is -1.82. The van der Waals surface area contributed by atoms with Crippen LogP contribution in [0.2, 0.25) is 0 Å². The van der Waals surface area contributed by atoms with E-state index in [1.807, 2.05) is 0 Å². The highest BCUT2D eigenvalue weighted by Gasteiger charge is 2.28. The third-order valence-corrected chi connectivity index (χ3v) is 1.20. The highest BCUT2D eigenvalue weighted by atomic mass is 19.4. The summed E-state index contributed by atoms with van der Waals surface area (Å²) in [7, 11) is 0. The molecule has 3 nitrogen and oxygen atoms in total. The molecule has 2 N–H and O–H groups in total. The van der Waals surface area contributed by atoms with Gasteiger partial charge in [0.1, 0.15) is 5.75 Å². The van der Waals surface area contributed by atoms with Gasteiger partial charge in [-0.3, -0.25) is 4.98 Å². The Hall–Kier alpha value is -1.46. The van der Waals surface area contributed by atoms with Crippen molar-refractivity contribution < 1.29 is 17.9 Å². The zero-order valence-corrected chi connectivity index (χ0v) is 6.51. The molecule has 0 aliphatic heterocycles. The van der Waals surface area contributed by atoms with Gasteiger partial charge in [-0.15, -0.1) is 0 Å². The lowest BCUT2D eigenvalue weighted by atomic mass is 10.4. The molecule has 0 spiro atoms. The molecule has 0 radical (unpaired) electrons. The molecule has 1 heterocycles. The number of rotatable bonds is 2. The lowest BCUT2D eigenvalue weighted by Crippen LogP contribution is -2.19. The number of nitrogens with zero attached hydrogens (tertiary/aromatic N) is 1. The van der Waals surface area contributed by atoms with Crippen LogP contribution in [0.15, 0.2) is 18.5 Å². The van der Waals surface area contributed by atoms with Gasteiger partial charge in [-0.2, -0.15) is 13.2 Å². The molecule has 0 atom stereocenters. The van der Waals surface area contributed by atoms with Gasteiger partial charge < -0.3 is 10.5 Å². The fraction of sp³-hybridized carbons (Fsp3) is 0.286. The van der Waals surface area contributed by atoms with E-state index in [1.54, 1.807) is 0 Å². The zero-order chi connectivity index (χ0) is 9.90. The quantitative estimate of drug-likeness (QED) is 0.774. The number of alkyl halides is 3. The molecule has 0 saturated carbocycles. The Morgan fingerprint density at radius 2 is 2.15 bits per heavy atom. The van der Waals surface area contributed by atoms with Crippen molar-refractivity contribution in [2.24, 2.45) is 0 Å². The number of nitrogens with two attached hydrogens (primary N) is 1. The van der Waals surface area contributed by atoms with Gasteiger partial charge in [-0.1, -0.05) is 0 Å². The van der Waals surface area contributed by atoms with Gasteiger partial charge >= 0.3 is 6.18 Å². The van der Waals surface area contributed by atoms with Gasteiger partial charge in [0.25, 0.3) is 0 Å². The van der Waals surface area contributed by atoms with Crippen molar-refractivity contribution >= 4 is 5.69 Å². The maximum absolute atomic E-state index is 11.7. The van der Waals surface area contributed by atoms with E-state index in [1.165, 1.54) is 18.5 Å². The predicted molar refractivity (Wildman–Crippen MR) is 40.2 cm³/mol. The van der Waals surface area contributed by atoms with Crippen LogP contribution in [0.5, 0.6) is 5.75 Å². The van der Waals surface area contributed by atoms with Crippen molar-refractivity contribution in [1.82, 2.24) is 4.98 Å². The predicted octanol–water partition coefficient (Wildman–Crippen LogP) is 1.60. The molecule has 0 aliphatic rings. The first-order chi connectivity index (χ1) is 5.99. The highest BCUT2D eigenvalue weighted by Crippen LogP contribution is 2.22. The van der Waals surface area contributed by atoms with Crippen LogP contribution in [0.1, 0.15) is 0 Å². The van der Waals surface area contributed by atoms with Crippen LogP contribution in [-0.2, 0) is 0 Å². The number of hydrogen-bond donors (Lipinski definition) is 1. The summed E-state index contributed by atoms with van der Waals surface area (Å²) in [6.45, 7) is -1.35. The van der Waals surface area contributed by atoms with Crippen LogP contribution in [0, 0.1) is 0 Å². The molecule has 1 rings (SSSR count).